The lowest BCUT2D eigenvalue weighted by Gasteiger charge is -2.38. The molecule has 34 heavy (non-hydrogen) atoms. The average molecular weight is 465 g/mol. The number of para-hydroxylation sites is 1. The molecule has 2 heterocycles. The molecule has 1 spiro atoms. The van der Waals surface area contributed by atoms with Crippen molar-refractivity contribution in [3.05, 3.63) is 65.5 Å². The van der Waals surface area contributed by atoms with Crippen LogP contribution in [0.2, 0.25) is 0 Å². The predicted octanol–water partition coefficient (Wildman–Crippen LogP) is 3.24. The number of carbonyl (C=O) groups excluding carboxylic acids is 3. The Bertz CT molecular complexity index is 1130. The Labute approximate surface area is 198 Å². The summed E-state index contributed by atoms with van der Waals surface area (Å²) in [5, 5.41) is 2.91. The average Bonchev–Trinajstić information content (AvgIpc) is 3.65. The van der Waals surface area contributed by atoms with Gasteiger partial charge in [0.15, 0.2) is 5.54 Å². The van der Waals surface area contributed by atoms with Crippen LogP contribution in [0.15, 0.2) is 48.5 Å². The molecule has 1 unspecified atom stereocenters. The summed E-state index contributed by atoms with van der Waals surface area (Å²) in [7, 11) is 1.96. The quantitative estimate of drug-likeness (QED) is 0.667. The van der Waals surface area contributed by atoms with Gasteiger partial charge in [-0.25, -0.2) is 9.18 Å². The van der Waals surface area contributed by atoms with Gasteiger partial charge < -0.3 is 15.1 Å². The summed E-state index contributed by atoms with van der Waals surface area (Å²) >= 11 is 0. The van der Waals surface area contributed by atoms with E-state index >= 15 is 0 Å². The highest BCUT2D eigenvalue weighted by molar-refractivity contribution is 6.10. The van der Waals surface area contributed by atoms with Gasteiger partial charge in [-0.05, 0) is 49.4 Å². The number of carbonyl (C=O) groups is 3. The molecule has 1 saturated carbocycles. The van der Waals surface area contributed by atoms with Crippen LogP contribution in [-0.4, -0.2) is 53.8 Å². The molecule has 5 rings (SSSR count). The maximum atomic E-state index is 13.6. The number of rotatable bonds is 6. The Morgan fingerprint density at radius 3 is 2.59 bits per heavy atom. The molecule has 0 aromatic heterocycles. The summed E-state index contributed by atoms with van der Waals surface area (Å²) in [5.41, 5.74) is 1.31. The van der Waals surface area contributed by atoms with Crippen molar-refractivity contribution >= 4 is 23.5 Å². The standard InChI is InChI=1S/C26H29FN4O3/c1-17(19-9-10-19)30(15-18-7-11-20(27)12-8-18)23(32)16-31-24(33)26(28-25(31)34)13-14-29(2)22-6-4-3-5-21(22)26/h3-8,11-12,17,19H,9-10,13-16H2,1-2H3,(H,28,34)/t17-,26?/m0/s1. The van der Waals surface area contributed by atoms with Crippen molar-refractivity contribution in [1.82, 2.24) is 15.1 Å². The Balaban J connectivity index is 1.39. The Hall–Kier alpha value is -3.42. The van der Waals surface area contributed by atoms with Crippen LogP contribution < -0.4 is 10.2 Å². The zero-order chi connectivity index (χ0) is 24.0. The summed E-state index contributed by atoms with van der Waals surface area (Å²) in [6.07, 6.45) is 2.53. The van der Waals surface area contributed by atoms with Crippen LogP contribution in [-0.2, 0) is 21.7 Å². The fourth-order valence-electron chi connectivity index (χ4n) is 5.18. The smallest absolute Gasteiger partial charge is 0.325 e. The largest absolute Gasteiger partial charge is 0.374 e. The number of hydrogen-bond donors (Lipinski definition) is 1. The molecule has 4 amide bonds. The van der Waals surface area contributed by atoms with Crippen LogP contribution in [0.25, 0.3) is 0 Å². The summed E-state index contributed by atoms with van der Waals surface area (Å²) in [6.45, 7) is 2.60. The highest BCUT2D eigenvalue weighted by Gasteiger charge is 2.55. The number of benzene rings is 2. The van der Waals surface area contributed by atoms with Gasteiger partial charge in [0.05, 0.1) is 0 Å². The lowest BCUT2D eigenvalue weighted by Crippen LogP contribution is -2.51. The summed E-state index contributed by atoms with van der Waals surface area (Å²) in [6, 6.07) is 13.1. The first kappa shape index (κ1) is 22.4. The second-order valence-corrected chi connectivity index (χ2v) is 9.64. The Morgan fingerprint density at radius 1 is 1.18 bits per heavy atom. The SMILES string of the molecule is C[C@@H](C1CC1)N(Cc1ccc(F)cc1)C(=O)CN1C(=O)NC2(CCN(C)c3ccccc32)C1=O. The van der Waals surface area contributed by atoms with Gasteiger partial charge in [-0.15, -0.1) is 0 Å². The van der Waals surface area contributed by atoms with Crippen LogP contribution in [0.3, 0.4) is 0 Å². The lowest BCUT2D eigenvalue weighted by atomic mass is 9.82. The van der Waals surface area contributed by atoms with Gasteiger partial charge >= 0.3 is 6.03 Å². The van der Waals surface area contributed by atoms with Crippen molar-refractivity contribution in [2.45, 2.75) is 44.3 Å². The van der Waals surface area contributed by atoms with Crippen molar-refractivity contribution in [3.8, 4) is 0 Å². The molecule has 1 N–H and O–H groups in total. The first-order chi connectivity index (χ1) is 16.3. The van der Waals surface area contributed by atoms with Crippen molar-refractivity contribution in [1.29, 1.82) is 0 Å². The molecule has 2 atom stereocenters. The van der Waals surface area contributed by atoms with Gasteiger partial charge in [0.2, 0.25) is 5.91 Å². The number of fused-ring (bicyclic) bond motifs is 2. The molecule has 2 aromatic carbocycles. The Kier molecular flexibility index (Phi) is 5.54. The third-order valence-electron chi connectivity index (χ3n) is 7.45. The zero-order valence-corrected chi connectivity index (χ0v) is 19.5. The third-order valence-corrected chi connectivity index (χ3v) is 7.45. The second-order valence-electron chi connectivity index (χ2n) is 9.64. The predicted molar refractivity (Wildman–Crippen MR) is 125 cm³/mol. The normalized spacial score (nSPS) is 22.6. The molecule has 2 aromatic rings. The van der Waals surface area contributed by atoms with Crippen LogP contribution >= 0.6 is 0 Å². The number of halogens is 1. The van der Waals surface area contributed by atoms with E-state index in [4.69, 9.17) is 0 Å². The van der Waals surface area contributed by atoms with E-state index in [1.165, 1.54) is 12.1 Å². The number of nitrogens with zero attached hydrogens (tertiary/aromatic N) is 3. The van der Waals surface area contributed by atoms with Crippen molar-refractivity contribution < 1.29 is 18.8 Å². The number of imide groups is 1. The highest BCUT2D eigenvalue weighted by Crippen LogP contribution is 2.42. The molecule has 2 aliphatic heterocycles. The molecular weight excluding hydrogens is 435 g/mol. The van der Waals surface area contributed by atoms with E-state index in [0.717, 1.165) is 34.6 Å². The van der Waals surface area contributed by atoms with E-state index in [9.17, 15) is 18.8 Å². The highest BCUT2D eigenvalue weighted by atomic mass is 19.1. The molecule has 7 nitrogen and oxygen atoms in total. The van der Waals surface area contributed by atoms with Gasteiger partial charge in [-0.1, -0.05) is 30.3 Å². The molecule has 0 bridgehead atoms. The summed E-state index contributed by atoms with van der Waals surface area (Å²) in [5.74, 6) is -0.600. The van der Waals surface area contributed by atoms with Crippen LogP contribution in [0.4, 0.5) is 14.9 Å². The number of nitrogens with one attached hydrogen (secondary N) is 1. The van der Waals surface area contributed by atoms with Crippen LogP contribution in [0.5, 0.6) is 0 Å². The van der Waals surface area contributed by atoms with Crippen molar-refractivity contribution in [2.75, 3.05) is 25.0 Å². The molecule has 1 saturated heterocycles. The van der Waals surface area contributed by atoms with E-state index in [2.05, 4.69) is 10.2 Å². The minimum absolute atomic E-state index is 0.0312. The van der Waals surface area contributed by atoms with Gasteiger partial charge in [-0.2, -0.15) is 0 Å². The maximum Gasteiger partial charge on any atom is 0.325 e. The first-order valence-electron chi connectivity index (χ1n) is 11.8. The van der Waals surface area contributed by atoms with Gasteiger partial charge in [0.1, 0.15) is 12.4 Å². The zero-order valence-electron chi connectivity index (χ0n) is 19.5. The van der Waals surface area contributed by atoms with Crippen LogP contribution in [0, 0.1) is 11.7 Å². The van der Waals surface area contributed by atoms with Crippen molar-refractivity contribution in [3.63, 3.8) is 0 Å². The lowest BCUT2D eigenvalue weighted by molar-refractivity contribution is -0.141. The Morgan fingerprint density at radius 2 is 1.88 bits per heavy atom. The molecular formula is C26H29FN4O3. The topological polar surface area (TPSA) is 73.0 Å². The van der Waals surface area contributed by atoms with E-state index in [0.29, 0.717) is 25.4 Å². The van der Waals surface area contributed by atoms with E-state index in [-0.39, 0.29) is 30.2 Å². The van der Waals surface area contributed by atoms with E-state index < -0.39 is 11.6 Å². The number of hydrogen-bond acceptors (Lipinski definition) is 4. The molecule has 8 heteroatoms. The molecule has 2 fully saturated rings. The van der Waals surface area contributed by atoms with E-state index in [1.807, 2.05) is 38.2 Å². The number of amides is 4. The van der Waals surface area contributed by atoms with E-state index in [1.54, 1.807) is 17.0 Å². The maximum absolute atomic E-state index is 13.6. The van der Waals surface area contributed by atoms with Gasteiger partial charge in [0, 0.05) is 43.9 Å². The first-order valence-corrected chi connectivity index (χ1v) is 11.8. The molecule has 178 valence electrons. The van der Waals surface area contributed by atoms with Gasteiger partial charge in [0.25, 0.3) is 5.91 Å². The van der Waals surface area contributed by atoms with Crippen molar-refractivity contribution in [2.24, 2.45) is 5.92 Å². The minimum atomic E-state index is -1.15. The summed E-state index contributed by atoms with van der Waals surface area (Å²) < 4.78 is 13.4. The van der Waals surface area contributed by atoms with Gasteiger partial charge in [-0.3, -0.25) is 14.5 Å². The molecule has 1 aliphatic carbocycles. The number of anilines is 1. The molecule has 3 aliphatic rings. The third kappa shape index (κ3) is 3.81. The van der Waals surface area contributed by atoms with Crippen LogP contribution in [0.1, 0.15) is 37.3 Å². The number of urea groups is 1. The second kappa shape index (κ2) is 8.42. The monoisotopic (exact) mass is 464 g/mol. The fourth-order valence-corrected chi connectivity index (χ4v) is 5.18. The summed E-state index contributed by atoms with van der Waals surface area (Å²) in [4.78, 5) is 44.9. The fraction of sp³-hybridized carbons (Fsp3) is 0.423. The molecule has 0 radical (unpaired) electrons. The minimum Gasteiger partial charge on any atom is -0.374 e.